The van der Waals surface area contributed by atoms with Gasteiger partial charge in [0.1, 0.15) is 0 Å². The van der Waals surface area contributed by atoms with Crippen LogP contribution in [0.25, 0.3) is 9.78 Å². The van der Waals surface area contributed by atoms with Crippen LogP contribution in [0.3, 0.4) is 0 Å². The average molecular weight is 271 g/mol. The number of anilines is 1. The number of carboxylic acids is 1. The zero-order valence-electron chi connectivity index (χ0n) is 7.83. The van der Waals surface area contributed by atoms with E-state index in [-0.39, 0.29) is 15.7 Å². The Morgan fingerprint density at radius 1 is 1.60 bits per heavy atom. The summed E-state index contributed by atoms with van der Waals surface area (Å²) in [6.45, 7) is 1.75. The number of nitrogens with two attached hydrogens (primary N) is 1. The third-order valence-corrected chi connectivity index (χ3v) is 4.44. The second kappa shape index (κ2) is 3.25. The van der Waals surface area contributed by atoms with Gasteiger partial charge >= 0.3 is 89.9 Å². The van der Waals surface area contributed by atoms with Gasteiger partial charge < -0.3 is 0 Å². The Balaban J connectivity index is 2.94. The van der Waals surface area contributed by atoms with Crippen molar-refractivity contribution < 1.29 is 9.90 Å². The SMILES string of the molecule is Cc1cc(=O)[nH]c2[se]c(C(=O)O)c(N)c12. The molecule has 0 atom stereocenters. The minimum atomic E-state index is -1.01. The standard InChI is InChI=1S/C9H8N2O3Se/c1-3-2-4(12)11-8-5(3)6(10)7(15-8)9(13)14/h2H,10H2,1H3,(H,11,12)(H,13,14). The molecule has 2 heterocycles. The van der Waals surface area contributed by atoms with Crippen LogP contribution in [-0.4, -0.2) is 30.6 Å². The van der Waals surface area contributed by atoms with Crippen LogP contribution in [0, 0.1) is 6.92 Å². The second-order valence-corrected chi connectivity index (χ2v) is 5.31. The first-order chi connectivity index (χ1) is 7.00. The van der Waals surface area contributed by atoms with Gasteiger partial charge in [0.05, 0.1) is 0 Å². The number of carboxylic acid groups (broad SMARTS) is 1. The minimum absolute atomic E-state index is 0.211. The summed E-state index contributed by atoms with van der Waals surface area (Å²) in [4.78, 5) is 24.7. The van der Waals surface area contributed by atoms with Crippen LogP contribution in [0.15, 0.2) is 10.9 Å². The van der Waals surface area contributed by atoms with Gasteiger partial charge in [-0.25, -0.2) is 0 Å². The summed E-state index contributed by atoms with van der Waals surface area (Å²) in [6.07, 6.45) is 0. The first kappa shape index (κ1) is 10.0. The van der Waals surface area contributed by atoms with Crippen molar-refractivity contribution in [3.05, 3.63) is 26.4 Å². The van der Waals surface area contributed by atoms with Crippen molar-refractivity contribution in [1.29, 1.82) is 0 Å². The van der Waals surface area contributed by atoms with Gasteiger partial charge in [0.15, 0.2) is 0 Å². The quantitative estimate of drug-likeness (QED) is 0.644. The van der Waals surface area contributed by atoms with Crippen LogP contribution in [0.5, 0.6) is 0 Å². The summed E-state index contributed by atoms with van der Waals surface area (Å²) in [5.41, 5.74) is 6.53. The van der Waals surface area contributed by atoms with Crippen molar-refractivity contribution in [3.63, 3.8) is 0 Å². The van der Waals surface area contributed by atoms with Gasteiger partial charge in [0.25, 0.3) is 0 Å². The molecule has 0 aliphatic rings. The van der Waals surface area contributed by atoms with E-state index < -0.39 is 20.5 Å². The molecule has 15 heavy (non-hydrogen) atoms. The molecule has 0 aliphatic heterocycles. The molecule has 2 aromatic heterocycles. The average Bonchev–Trinajstić information content (AvgIpc) is 2.42. The van der Waals surface area contributed by atoms with E-state index in [1.54, 1.807) is 6.92 Å². The number of carbonyl (C=O) groups is 1. The molecule has 78 valence electrons. The van der Waals surface area contributed by atoms with Crippen LogP contribution in [0.2, 0.25) is 0 Å². The number of pyridine rings is 1. The molecule has 0 aliphatic carbocycles. The summed E-state index contributed by atoms with van der Waals surface area (Å²) in [7, 11) is 0. The van der Waals surface area contributed by atoms with E-state index in [0.29, 0.717) is 9.78 Å². The fourth-order valence-electron chi connectivity index (χ4n) is 1.50. The zero-order chi connectivity index (χ0) is 11.2. The number of hydrogen-bond acceptors (Lipinski definition) is 3. The molecule has 0 saturated carbocycles. The van der Waals surface area contributed by atoms with E-state index in [0.717, 1.165) is 5.56 Å². The summed E-state index contributed by atoms with van der Waals surface area (Å²) in [5.74, 6) is -1.01. The zero-order valence-corrected chi connectivity index (χ0v) is 9.54. The Hall–Kier alpha value is -1.52. The number of aromatic carboxylic acids is 1. The number of aromatic nitrogens is 1. The summed E-state index contributed by atoms with van der Waals surface area (Å²) in [5, 5.41) is 9.59. The van der Waals surface area contributed by atoms with E-state index in [4.69, 9.17) is 10.8 Å². The molecule has 0 aromatic carbocycles. The third-order valence-electron chi connectivity index (χ3n) is 2.12. The Morgan fingerprint density at radius 2 is 2.27 bits per heavy atom. The van der Waals surface area contributed by atoms with Gasteiger partial charge in [0.2, 0.25) is 0 Å². The summed E-state index contributed by atoms with van der Waals surface area (Å²) in [6, 6.07) is 1.42. The van der Waals surface area contributed by atoms with Crippen LogP contribution in [-0.2, 0) is 0 Å². The number of rotatable bonds is 1. The number of hydrogen-bond donors (Lipinski definition) is 3. The van der Waals surface area contributed by atoms with E-state index >= 15 is 0 Å². The first-order valence-electron chi connectivity index (χ1n) is 4.16. The Kier molecular flexibility index (Phi) is 2.17. The molecule has 0 saturated heterocycles. The van der Waals surface area contributed by atoms with Crippen molar-refractivity contribution in [1.82, 2.24) is 4.98 Å². The van der Waals surface area contributed by atoms with Gasteiger partial charge in [-0.15, -0.1) is 0 Å². The van der Waals surface area contributed by atoms with Gasteiger partial charge in [-0.05, 0) is 0 Å². The Bertz CT molecular complexity index is 612. The Morgan fingerprint density at radius 3 is 2.87 bits per heavy atom. The number of aromatic amines is 1. The van der Waals surface area contributed by atoms with Crippen molar-refractivity contribution in [2.75, 3.05) is 5.73 Å². The van der Waals surface area contributed by atoms with E-state index in [1.165, 1.54) is 6.07 Å². The van der Waals surface area contributed by atoms with Crippen LogP contribution < -0.4 is 11.3 Å². The van der Waals surface area contributed by atoms with Gasteiger partial charge in [-0.1, -0.05) is 0 Å². The predicted octanol–water partition coefficient (Wildman–Crippen LogP) is 0.174. The second-order valence-electron chi connectivity index (χ2n) is 3.17. The summed E-state index contributed by atoms with van der Waals surface area (Å²) >= 11 is -0.406. The topological polar surface area (TPSA) is 96.2 Å². The maximum absolute atomic E-state index is 11.2. The molecule has 0 radical (unpaired) electrons. The fraction of sp³-hybridized carbons (Fsp3) is 0.111. The van der Waals surface area contributed by atoms with E-state index in [1.807, 2.05) is 0 Å². The molecule has 2 aromatic rings. The van der Waals surface area contributed by atoms with E-state index in [9.17, 15) is 9.59 Å². The van der Waals surface area contributed by atoms with Crippen molar-refractivity contribution in [2.45, 2.75) is 6.92 Å². The molecule has 2 rings (SSSR count). The van der Waals surface area contributed by atoms with Crippen molar-refractivity contribution in [3.8, 4) is 0 Å². The molecule has 0 bridgehead atoms. The molecular formula is C9H8N2O3Se. The molecule has 6 heteroatoms. The first-order valence-corrected chi connectivity index (χ1v) is 5.87. The van der Waals surface area contributed by atoms with E-state index in [2.05, 4.69) is 4.98 Å². The van der Waals surface area contributed by atoms with Crippen LogP contribution in [0.1, 0.15) is 14.8 Å². The van der Waals surface area contributed by atoms with Gasteiger partial charge in [0, 0.05) is 0 Å². The number of fused-ring (bicyclic) bond motifs is 1. The predicted molar refractivity (Wildman–Crippen MR) is 57.6 cm³/mol. The fourth-order valence-corrected chi connectivity index (χ4v) is 3.66. The Labute approximate surface area is 90.3 Å². The normalized spacial score (nSPS) is 10.7. The van der Waals surface area contributed by atoms with Crippen LogP contribution in [0.4, 0.5) is 5.69 Å². The number of H-pyrrole nitrogens is 1. The number of nitrogens with one attached hydrogen (secondary N) is 1. The van der Waals surface area contributed by atoms with Gasteiger partial charge in [-0.2, -0.15) is 0 Å². The third kappa shape index (κ3) is 1.48. The number of nitrogen functional groups attached to an aromatic ring is 1. The molecular weight excluding hydrogens is 263 g/mol. The van der Waals surface area contributed by atoms with Crippen LogP contribution >= 0.6 is 0 Å². The molecule has 0 fully saturated rings. The maximum atomic E-state index is 11.2. The number of aryl methyl sites for hydroxylation is 1. The van der Waals surface area contributed by atoms with Crippen molar-refractivity contribution in [2.24, 2.45) is 0 Å². The molecule has 0 unspecified atom stereocenters. The van der Waals surface area contributed by atoms with Gasteiger partial charge in [-0.3, -0.25) is 0 Å². The molecule has 0 spiro atoms. The molecule has 4 N–H and O–H groups in total. The summed E-state index contributed by atoms with van der Waals surface area (Å²) < 4.78 is 0.866. The molecule has 5 nitrogen and oxygen atoms in total. The monoisotopic (exact) mass is 272 g/mol. The molecule has 0 amide bonds. The van der Waals surface area contributed by atoms with Crippen molar-refractivity contribution >= 4 is 35.9 Å².